The molecule has 2 N–H and O–H groups in total. The SMILES string of the molecule is CC(Oc1cc(F)ccc1N(CCN)C(=O)OC(C)(C)C)c1cc(C(=O)N(C)C)cc2ncc(N3CCOCC3)nc12. The summed E-state index contributed by atoms with van der Waals surface area (Å²) in [5.74, 6) is 0.0246. The van der Waals surface area contributed by atoms with Crippen LogP contribution in [0.4, 0.5) is 20.7 Å². The van der Waals surface area contributed by atoms with Crippen molar-refractivity contribution >= 4 is 34.5 Å². The lowest BCUT2D eigenvalue weighted by Gasteiger charge is -2.29. The lowest BCUT2D eigenvalue weighted by atomic mass is 10.0. The minimum atomic E-state index is -0.756. The number of hydrogen-bond donors (Lipinski definition) is 1. The molecule has 0 radical (unpaired) electrons. The van der Waals surface area contributed by atoms with Crippen LogP contribution in [0, 0.1) is 5.82 Å². The van der Waals surface area contributed by atoms with E-state index in [1.54, 1.807) is 60.1 Å². The van der Waals surface area contributed by atoms with Crippen molar-refractivity contribution in [2.24, 2.45) is 5.73 Å². The summed E-state index contributed by atoms with van der Waals surface area (Å²) >= 11 is 0. The second-order valence-corrected chi connectivity index (χ2v) is 11.3. The molecule has 2 heterocycles. The Bertz CT molecular complexity index is 1440. The highest BCUT2D eigenvalue weighted by Crippen LogP contribution is 2.36. The van der Waals surface area contributed by atoms with Crippen LogP contribution in [0.5, 0.6) is 5.75 Å². The summed E-state index contributed by atoms with van der Waals surface area (Å²) in [6, 6.07) is 7.33. The molecule has 226 valence electrons. The molecule has 2 amide bonds. The standard InChI is InChI=1S/C30H39FN6O5/c1-19(41-25-17-21(31)7-8-24(25)37(10-9-32)29(39)42-30(2,3)4)22-15-20(28(38)35(5)6)16-23-27(22)34-26(18-33-23)36-11-13-40-14-12-36/h7-8,15-19H,9-14,32H2,1-6H3. The van der Waals surface area contributed by atoms with Gasteiger partial charge in [0.2, 0.25) is 0 Å². The number of anilines is 2. The Labute approximate surface area is 245 Å². The van der Waals surface area contributed by atoms with Crippen LogP contribution in [0.1, 0.15) is 49.7 Å². The van der Waals surface area contributed by atoms with E-state index < -0.39 is 23.6 Å². The van der Waals surface area contributed by atoms with Crippen molar-refractivity contribution in [2.75, 3.05) is 63.3 Å². The first kappa shape index (κ1) is 30.9. The number of amides is 2. The number of benzene rings is 2. The summed E-state index contributed by atoms with van der Waals surface area (Å²) in [6.45, 7) is 9.83. The predicted molar refractivity (Wildman–Crippen MR) is 159 cm³/mol. The number of aromatic nitrogens is 2. The highest BCUT2D eigenvalue weighted by molar-refractivity contribution is 5.98. The second-order valence-electron chi connectivity index (χ2n) is 11.3. The van der Waals surface area contributed by atoms with E-state index in [0.29, 0.717) is 60.0 Å². The summed E-state index contributed by atoms with van der Waals surface area (Å²) in [4.78, 5) is 40.5. The fraction of sp³-hybridized carbons (Fsp3) is 0.467. The van der Waals surface area contributed by atoms with Gasteiger partial charge in [-0.2, -0.15) is 0 Å². The largest absolute Gasteiger partial charge is 0.484 e. The van der Waals surface area contributed by atoms with Crippen LogP contribution in [0.15, 0.2) is 36.5 Å². The first-order valence-corrected chi connectivity index (χ1v) is 13.9. The summed E-state index contributed by atoms with van der Waals surface area (Å²) in [7, 11) is 3.34. The fourth-order valence-electron chi connectivity index (χ4n) is 4.58. The van der Waals surface area contributed by atoms with Crippen LogP contribution in [0.2, 0.25) is 0 Å². The van der Waals surface area contributed by atoms with Gasteiger partial charge in [0.25, 0.3) is 5.91 Å². The molecule has 42 heavy (non-hydrogen) atoms. The maximum absolute atomic E-state index is 14.6. The number of rotatable bonds is 8. The Hall–Kier alpha value is -4.03. The molecule has 1 unspecified atom stereocenters. The summed E-state index contributed by atoms with van der Waals surface area (Å²) in [6.07, 6.45) is 0.320. The molecule has 0 saturated carbocycles. The smallest absolute Gasteiger partial charge is 0.414 e. The van der Waals surface area contributed by atoms with Gasteiger partial charge in [0.1, 0.15) is 29.1 Å². The van der Waals surface area contributed by atoms with Gasteiger partial charge in [0.15, 0.2) is 0 Å². The molecule has 2 aromatic carbocycles. The Morgan fingerprint density at radius 3 is 2.52 bits per heavy atom. The van der Waals surface area contributed by atoms with E-state index in [4.69, 9.17) is 24.9 Å². The van der Waals surface area contributed by atoms with Gasteiger partial charge < -0.3 is 29.7 Å². The Morgan fingerprint density at radius 1 is 1.17 bits per heavy atom. The Balaban J connectivity index is 1.79. The molecular formula is C30H39FN6O5. The number of carbonyl (C=O) groups excluding carboxylic acids is 2. The van der Waals surface area contributed by atoms with Gasteiger partial charge in [0, 0.05) is 57.5 Å². The van der Waals surface area contributed by atoms with Gasteiger partial charge in [-0.25, -0.2) is 14.2 Å². The van der Waals surface area contributed by atoms with Crippen molar-refractivity contribution in [1.82, 2.24) is 14.9 Å². The van der Waals surface area contributed by atoms with E-state index in [0.717, 1.165) is 0 Å². The van der Waals surface area contributed by atoms with E-state index in [2.05, 4.69) is 9.88 Å². The molecular weight excluding hydrogens is 543 g/mol. The van der Waals surface area contributed by atoms with E-state index >= 15 is 0 Å². The molecule has 4 rings (SSSR count). The number of hydrogen-bond acceptors (Lipinski definition) is 9. The molecule has 1 aliphatic rings. The third kappa shape index (κ3) is 7.24. The topological polar surface area (TPSA) is 123 Å². The summed E-state index contributed by atoms with van der Waals surface area (Å²) in [5, 5.41) is 0. The molecule has 0 bridgehead atoms. The van der Waals surface area contributed by atoms with Crippen LogP contribution in [-0.4, -0.2) is 86.0 Å². The normalized spacial score (nSPS) is 14.4. The highest BCUT2D eigenvalue weighted by Gasteiger charge is 2.27. The maximum Gasteiger partial charge on any atom is 0.414 e. The van der Waals surface area contributed by atoms with Gasteiger partial charge >= 0.3 is 6.09 Å². The van der Waals surface area contributed by atoms with Crippen molar-refractivity contribution in [2.45, 2.75) is 39.4 Å². The van der Waals surface area contributed by atoms with E-state index in [-0.39, 0.29) is 24.7 Å². The zero-order valence-corrected chi connectivity index (χ0v) is 25.0. The Kier molecular flexibility index (Phi) is 9.47. The average molecular weight is 583 g/mol. The molecule has 0 aliphatic carbocycles. The lowest BCUT2D eigenvalue weighted by molar-refractivity contribution is 0.0579. The van der Waals surface area contributed by atoms with Crippen molar-refractivity contribution < 1.29 is 28.2 Å². The second kappa shape index (κ2) is 12.9. The van der Waals surface area contributed by atoms with Crippen LogP contribution in [-0.2, 0) is 9.47 Å². The summed E-state index contributed by atoms with van der Waals surface area (Å²) in [5.41, 5.74) is 7.42. The van der Waals surface area contributed by atoms with Gasteiger partial charge in [-0.05, 0) is 52.0 Å². The first-order chi connectivity index (χ1) is 19.9. The van der Waals surface area contributed by atoms with Crippen LogP contribution >= 0.6 is 0 Å². The quantitative estimate of drug-likeness (QED) is 0.417. The highest BCUT2D eigenvalue weighted by atomic mass is 19.1. The number of ether oxygens (including phenoxy) is 3. The number of carbonyl (C=O) groups is 2. The third-order valence-electron chi connectivity index (χ3n) is 6.57. The molecule has 11 nitrogen and oxygen atoms in total. The molecule has 0 spiro atoms. The molecule has 1 aromatic heterocycles. The maximum atomic E-state index is 14.6. The Morgan fingerprint density at radius 2 is 1.88 bits per heavy atom. The van der Waals surface area contributed by atoms with Crippen molar-refractivity contribution in [3.05, 3.63) is 53.5 Å². The van der Waals surface area contributed by atoms with E-state index in [9.17, 15) is 14.0 Å². The minimum Gasteiger partial charge on any atom is -0.484 e. The molecule has 1 fully saturated rings. The van der Waals surface area contributed by atoms with Crippen LogP contribution < -0.4 is 20.3 Å². The van der Waals surface area contributed by atoms with Gasteiger partial charge in [-0.15, -0.1) is 0 Å². The predicted octanol–water partition coefficient (Wildman–Crippen LogP) is 4.15. The van der Waals surface area contributed by atoms with Gasteiger partial charge in [-0.1, -0.05) is 0 Å². The van der Waals surface area contributed by atoms with Crippen LogP contribution in [0.25, 0.3) is 11.0 Å². The van der Waals surface area contributed by atoms with Crippen molar-refractivity contribution in [1.29, 1.82) is 0 Å². The molecule has 3 aromatic rings. The zero-order valence-electron chi connectivity index (χ0n) is 25.0. The molecule has 1 atom stereocenters. The number of morpholine rings is 1. The van der Waals surface area contributed by atoms with Crippen molar-refractivity contribution in [3.8, 4) is 5.75 Å². The van der Waals surface area contributed by atoms with Gasteiger partial charge in [-0.3, -0.25) is 14.7 Å². The van der Waals surface area contributed by atoms with Crippen molar-refractivity contribution in [3.63, 3.8) is 0 Å². The number of halogens is 1. The van der Waals surface area contributed by atoms with Crippen LogP contribution in [0.3, 0.4) is 0 Å². The van der Waals surface area contributed by atoms with E-state index in [1.165, 1.54) is 28.0 Å². The monoisotopic (exact) mass is 582 g/mol. The molecule has 12 heteroatoms. The third-order valence-corrected chi connectivity index (χ3v) is 6.57. The number of fused-ring (bicyclic) bond motifs is 1. The first-order valence-electron chi connectivity index (χ1n) is 13.9. The molecule has 1 aliphatic heterocycles. The van der Waals surface area contributed by atoms with E-state index in [1.807, 2.05) is 0 Å². The van der Waals surface area contributed by atoms with Gasteiger partial charge in [0.05, 0.1) is 36.1 Å². The lowest BCUT2D eigenvalue weighted by Crippen LogP contribution is -2.40. The molecule has 1 saturated heterocycles. The average Bonchev–Trinajstić information content (AvgIpc) is 2.94. The minimum absolute atomic E-state index is 0.108. The number of nitrogens with zero attached hydrogens (tertiary/aromatic N) is 5. The summed E-state index contributed by atoms with van der Waals surface area (Å²) < 4.78 is 32.0. The zero-order chi connectivity index (χ0) is 30.6. The fourth-order valence-corrected chi connectivity index (χ4v) is 4.58. The number of nitrogens with two attached hydrogens (primary N) is 1.